The van der Waals surface area contributed by atoms with Gasteiger partial charge in [-0.05, 0) is 24.3 Å². The van der Waals surface area contributed by atoms with Crippen molar-refractivity contribution in [1.82, 2.24) is 9.97 Å². The van der Waals surface area contributed by atoms with Gasteiger partial charge in [-0.2, -0.15) is 0 Å². The van der Waals surface area contributed by atoms with Crippen LogP contribution in [0.15, 0.2) is 36.7 Å². The first-order valence-electron chi connectivity index (χ1n) is 4.77. The molecule has 92 valence electrons. The Kier molecular flexibility index (Phi) is 3.96. The van der Waals surface area contributed by atoms with Gasteiger partial charge in [0.1, 0.15) is 0 Å². The quantitative estimate of drug-likeness (QED) is 0.625. The highest BCUT2D eigenvalue weighted by molar-refractivity contribution is 6.31. The van der Waals surface area contributed by atoms with Crippen molar-refractivity contribution in [2.75, 3.05) is 0 Å². The van der Waals surface area contributed by atoms with Crippen molar-refractivity contribution in [3.63, 3.8) is 0 Å². The maximum atomic E-state index is 11.5. The molecule has 0 spiro atoms. The van der Waals surface area contributed by atoms with E-state index < -0.39 is 6.16 Å². The summed E-state index contributed by atoms with van der Waals surface area (Å²) >= 11 is 11.4. The van der Waals surface area contributed by atoms with Crippen molar-refractivity contribution in [3.8, 4) is 11.5 Å². The van der Waals surface area contributed by atoms with Crippen LogP contribution < -0.4 is 9.47 Å². The fourth-order valence-electron chi connectivity index (χ4n) is 1.10. The molecular weight excluding hydrogens is 279 g/mol. The van der Waals surface area contributed by atoms with Gasteiger partial charge in [0.05, 0.1) is 0 Å². The summed E-state index contributed by atoms with van der Waals surface area (Å²) in [6, 6.07) is 6.12. The van der Waals surface area contributed by atoms with Crippen LogP contribution in [0.4, 0.5) is 4.79 Å². The van der Waals surface area contributed by atoms with Crippen LogP contribution in [0, 0.1) is 0 Å². The lowest BCUT2D eigenvalue weighted by atomic mass is 10.5. The summed E-state index contributed by atoms with van der Waals surface area (Å²) in [7, 11) is 0. The molecule has 2 heterocycles. The number of pyridine rings is 2. The Morgan fingerprint density at radius 2 is 1.39 bits per heavy atom. The van der Waals surface area contributed by atoms with Gasteiger partial charge in [-0.3, -0.25) is 0 Å². The first-order chi connectivity index (χ1) is 8.66. The van der Waals surface area contributed by atoms with Gasteiger partial charge in [0.15, 0.2) is 21.8 Å². The van der Waals surface area contributed by atoms with Gasteiger partial charge in [0.25, 0.3) is 0 Å². The summed E-state index contributed by atoms with van der Waals surface area (Å²) in [5.41, 5.74) is 0. The van der Waals surface area contributed by atoms with E-state index in [2.05, 4.69) is 9.97 Å². The van der Waals surface area contributed by atoms with Gasteiger partial charge in [-0.1, -0.05) is 23.2 Å². The van der Waals surface area contributed by atoms with Crippen molar-refractivity contribution in [1.29, 1.82) is 0 Å². The SMILES string of the molecule is O=C(Oc1cccnc1Cl)Oc1cccnc1Cl. The molecule has 7 heteroatoms. The molecule has 18 heavy (non-hydrogen) atoms. The Labute approximate surface area is 112 Å². The van der Waals surface area contributed by atoms with Crippen LogP contribution in [0.2, 0.25) is 10.3 Å². The van der Waals surface area contributed by atoms with Gasteiger partial charge in [-0.25, -0.2) is 14.8 Å². The molecule has 0 aliphatic heterocycles. The summed E-state index contributed by atoms with van der Waals surface area (Å²) in [6.45, 7) is 0. The number of carbonyl (C=O) groups is 1. The van der Waals surface area contributed by atoms with Gasteiger partial charge >= 0.3 is 6.16 Å². The maximum Gasteiger partial charge on any atom is 0.519 e. The van der Waals surface area contributed by atoms with Crippen LogP contribution >= 0.6 is 23.2 Å². The normalized spacial score (nSPS) is 9.89. The Hall–Kier alpha value is -1.85. The minimum absolute atomic E-state index is 0.0618. The van der Waals surface area contributed by atoms with E-state index >= 15 is 0 Å². The van der Waals surface area contributed by atoms with Crippen LogP contribution in [0.3, 0.4) is 0 Å². The largest absolute Gasteiger partial charge is 0.519 e. The second-order valence-electron chi connectivity index (χ2n) is 3.04. The average molecular weight is 285 g/mol. The second kappa shape index (κ2) is 5.66. The molecule has 2 aromatic rings. The molecule has 0 amide bonds. The monoisotopic (exact) mass is 284 g/mol. The first kappa shape index (κ1) is 12.6. The standard InChI is InChI=1S/C11H6Cl2N2O3/c12-9-7(3-1-5-14-9)17-11(16)18-8-4-2-6-15-10(8)13/h1-6H. The van der Waals surface area contributed by atoms with Crippen LogP contribution in [0.25, 0.3) is 0 Å². The molecule has 5 nitrogen and oxygen atoms in total. The fourth-order valence-corrected chi connectivity index (χ4v) is 1.41. The maximum absolute atomic E-state index is 11.5. The molecule has 0 aliphatic carbocycles. The molecule has 0 atom stereocenters. The topological polar surface area (TPSA) is 61.3 Å². The number of rotatable bonds is 2. The molecular formula is C11H6Cl2N2O3. The molecule has 0 saturated heterocycles. The minimum Gasteiger partial charge on any atom is -0.391 e. The van der Waals surface area contributed by atoms with E-state index in [1.54, 1.807) is 12.1 Å². The van der Waals surface area contributed by atoms with Gasteiger partial charge < -0.3 is 9.47 Å². The van der Waals surface area contributed by atoms with Crippen molar-refractivity contribution < 1.29 is 14.3 Å². The predicted octanol–water partition coefficient (Wildman–Crippen LogP) is 3.36. The number of halogens is 2. The number of hydrogen-bond acceptors (Lipinski definition) is 5. The zero-order valence-electron chi connectivity index (χ0n) is 8.84. The zero-order chi connectivity index (χ0) is 13.0. The summed E-state index contributed by atoms with van der Waals surface area (Å²) in [6.07, 6.45) is 1.97. The highest BCUT2D eigenvalue weighted by Gasteiger charge is 2.13. The third-order valence-electron chi connectivity index (χ3n) is 1.84. The van der Waals surface area contributed by atoms with Gasteiger partial charge in [0.2, 0.25) is 0 Å². The van der Waals surface area contributed by atoms with E-state index in [1.165, 1.54) is 24.5 Å². The van der Waals surface area contributed by atoms with Crippen molar-refractivity contribution in [3.05, 3.63) is 47.0 Å². The second-order valence-corrected chi connectivity index (χ2v) is 3.75. The molecule has 0 bridgehead atoms. The Balaban J connectivity index is 2.06. The highest BCUT2D eigenvalue weighted by atomic mass is 35.5. The fraction of sp³-hybridized carbons (Fsp3) is 0. The number of ether oxygens (including phenoxy) is 2. The van der Waals surface area contributed by atoms with Crippen LogP contribution in [-0.4, -0.2) is 16.1 Å². The van der Waals surface area contributed by atoms with Crippen LogP contribution in [0.1, 0.15) is 0 Å². The lowest BCUT2D eigenvalue weighted by Crippen LogP contribution is -2.14. The van der Waals surface area contributed by atoms with E-state index in [0.29, 0.717) is 0 Å². The minimum atomic E-state index is -0.972. The number of hydrogen-bond donors (Lipinski definition) is 0. The summed E-state index contributed by atoms with van der Waals surface area (Å²) in [5, 5.41) is 0.124. The van der Waals surface area contributed by atoms with E-state index in [-0.39, 0.29) is 21.8 Å². The van der Waals surface area contributed by atoms with Gasteiger partial charge in [-0.15, -0.1) is 0 Å². The molecule has 0 N–H and O–H groups in total. The summed E-state index contributed by atoms with van der Waals surface area (Å²) < 4.78 is 9.72. The molecule has 0 unspecified atom stereocenters. The predicted molar refractivity (Wildman–Crippen MR) is 65.1 cm³/mol. The molecule has 2 rings (SSSR count). The van der Waals surface area contributed by atoms with E-state index in [9.17, 15) is 4.79 Å². The van der Waals surface area contributed by atoms with Gasteiger partial charge in [0, 0.05) is 12.4 Å². The molecule has 0 fully saturated rings. The average Bonchev–Trinajstić information content (AvgIpc) is 2.35. The summed E-state index contributed by atoms with van der Waals surface area (Å²) in [4.78, 5) is 19.0. The van der Waals surface area contributed by atoms with Crippen molar-refractivity contribution >= 4 is 29.4 Å². The summed E-state index contributed by atoms with van der Waals surface area (Å²) in [5.74, 6) is 0.202. The Morgan fingerprint density at radius 3 is 1.78 bits per heavy atom. The smallest absolute Gasteiger partial charge is 0.391 e. The van der Waals surface area contributed by atoms with E-state index in [0.717, 1.165) is 0 Å². The third kappa shape index (κ3) is 3.09. The van der Waals surface area contributed by atoms with E-state index in [1.807, 2.05) is 0 Å². The number of carbonyl (C=O) groups excluding carboxylic acids is 1. The van der Waals surface area contributed by atoms with Crippen LogP contribution in [-0.2, 0) is 0 Å². The van der Waals surface area contributed by atoms with E-state index in [4.69, 9.17) is 32.7 Å². The lowest BCUT2D eigenvalue weighted by Gasteiger charge is -2.06. The zero-order valence-corrected chi connectivity index (χ0v) is 10.4. The number of aromatic nitrogens is 2. The number of nitrogens with zero attached hydrogens (tertiary/aromatic N) is 2. The highest BCUT2D eigenvalue weighted by Crippen LogP contribution is 2.23. The Morgan fingerprint density at radius 1 is 0.944 bits per heavy atom. The first-order valence-corrected chi connectivity index (χ1v) is 5.53. The third-order valence-corrected chi connectivity index (χ3v) is 2.40. The lowest BCUT2D eigenvalue weighted by molar-refractivity contribution is 0.151. The molecule has 0 saturated carbocycles. The molecule has 2 aromatic heterocycles. The Bertz CT molecular complexity index is 528. The molecule has 0 aromatic carbocycles. The van der Waals surface area contributed by atoms with Crippen molar-refractivity contribution in [2.45, 2.75) is 0 Å². The molecule has 0 radical (unpaired) electrons. The van der Waals surface area contributed by atoms with Crippen LogP contribution in [0.5, 0.6) is 11.5 Å². The van der Waals surface area contributed by atoms with Crippen molar-refractivity contribution in [2.24, 2.45) is 0 Å². The molecule has 0 aliphatic rings.